The van der Waals surface area contributed by atoms with Gasteiger partial charge in [-0.1, -0.05) is 0 Å². The maximum Gasteiger partial charge on any atom is 2.00 e. The Kier molecular flexibility index (Phi) is 11.5. The third-order valence-electron chi connectivity index (χ3n) is 0. The van der Waals surface area contributed by atoms with Gasteiger partial charge in [0, 0.05) is 17.3 Å². The standard InChI is InChI=1S/C2H4O2.Fe.H2O4S/c1-2(3)4;;1-5(2,3)4/h1H3,(H,3,4);;(H2,1,2,3,4)/q;+2;/p-2. The Hall–Kier alpha value is -0.141. The third-order valence-corrected chi connectivity index (χ3v) is 0. The second kappa shape index (κ2) is 6.97. The molecular weight excluding hydrogens is 208 g/mol. The molecule has 0 unspecified atom stereocenters. The van der Waals surface area contributed by atoms with E-state index in [0.29, 0.717) is 0 Å². The molecule has 0 radical (unpaired) electrons. The Morgan fingerprint density at radius 1 is 1.40 bits per heavy atom. The number of hydrogen-bond acceptors (Lipinski definition) is 5. The van der Waals surface area contributed by atoms with E-state index in [1.807, 2.05) is 0 Å². The van der Waals surface area contributed by atoms with Crippen LogP contribution in [0, 0.1) is 0 Å². The van der Waals surface area contributed by atoms with E-state index in [9.17, 15) is 0 Å². The minimum atomic E-state index is -5.17. The van der Waals surface area contributed by atoms with Crippen molar-refractivity contribution in [3.8, 4) is 0 Å². The molecule has 0 aliphatic carbocycles. The van der Waals surface area contributed by atoms with Crippen molar-refractivity contribution in [2.45, 2.75) is 6.92 Å². The first-order chi connectivity index (χ1) is 3.73. The van der Waals surface area contributed by atoms with E-state index in [-0.39, 0.29) is 17.1 Å². The van der Waals surface area contributed by atoms with Gasteiger partial charge >= 0.3 is 17.1 Å². The number of aliphatic carboxylic acids is 1. The molecule has 0 amide bonds. The molecule has 0 aromatic heterocycles. The molecule has 10 heavy (non-hydrogen) atoms. The third kappa shape index (κ3) is 18700. The molecule has 62 valence electrons. The maximum absolute atomic E-state index is 9.00. The Balaban J connectivity index is -0.0000000910. The first kappa shape index (κ1) is 16.4. The molecule has 0 saturated heterocycles. The molecule has 0 aromatic rings. The van der Waals surface area contributed by atoms with Crippen molar-refractivity contribution in [2.75, 3.05) is 0 Å². The average Bonchev–Trinajstić information content (AvgIpc) is 1.19. The minimum absolute atomic E-state index is 0. The first-order valence-corrected chi connectivity index (χ1v) is 2.93. The van der Waals surface area contributed by atoms with Gasteiger partial charge in [-0.05, 0) is 0 Å². The van der Waals surface area contributed by atoms with Crippen molar-refractivity contribution in [1.29, 1.82) is 0 Å². The summed E-state index contributed by atoms with van der Waals surface area (Å²) in [5.74, 6) is -0.833. The van der Waals surface area contributed by atoms with Crippen LogP contribution in [0.1, 0.15) is 6.92 Å². The predicted octanol–water partition coefficient (Wildman–Crippen LogP) is -1.25. The van der Waals surface area contributed by atoms with Gasteiger partial charge < -0.3 is 14.2 Å². The minimum Gasteiger partial charge on any atom is -0.759 e. The van der Waals surface area contributed by atoms with E-state index in [1.165, 1.54) is 0 Å². The van der Waals surface area contributed by atoms with Gasteiger partial charge in [0.25, 0.3) is 5.97 Å². The van der Waals surface area contributed by atoms with Gasteiger partial charge in [0.05, 0.1) is 0 Å². The smallest absolute Gasteiger partial charge is 0.759 e. The molecule has 6 nitrogen and oxygen atoms in total. The van der Waals surface area contributed by atoms with Crippen LogP contribution in [0.2, 0.25) is 0 Å². The molecule has 0 bridgehead atoms. The molecule has 1 N–H and O–H groups in total. The topological polar surface area (TPSA) is 118 Å². The van der Waals surface area contributed by atoms with E-state index < -0.39 is 16.4 Å². The van der Waals surface area contributed by atoms with Crippen molar-refractivity contribution in [2.24, 2.45) is 0 Å². The molecule has 0 atom stereocenters. The Bertz CT molecular complexity index is 158. The summed E-state index contributed by atoms with van der Waals surface area (Å²) in [5.41, 5.74) is 0. The molecule has 0 heterocycles. The van der Waals surface area contributed by atoms with Gasteiger partial charge in [-0.2, -0.15) is 0 Å². The van der Waals surface area contributed by atoms with Crippen molar-refractivity contribution >= 4 is 16.4 Å². The van der Waals surface area contributed by atoms with Crippen LogP contribution in [-0.2, 0) is 32.3 Å². The quantitative estimate of drug-likeness (QED) is 0.304. The van der Waals surface area contributed by atoms with Crippen LogP contribution < -0.4 is 0 Å². The van der Waals surface area contributed by atoms with Crippen molar-refractivity contribution in [3.05, 3.63) is 0 Å². The van der Waals surface area contributed by atoms with E-state index in [4.69, 9.17) is 27.4 Å². The van der Waals surface area contributed by atoms with E-state index in [2.05, 4.69) is 0 Å². The van der Waals surface area contributed by atoms with Crippen molar-refractivity contribution in [1.82, 2.24) is 0 Å². The van der Waals surface area contributed by atoms with Crippen LogP contribution in [0.4, 0.5) is 0 Å². The number of carbonyl (C=O) groups is 1. The fourth-order valence-electron chi connectivity index (χ4n) is 0. The van der Waals surface area contributed by atoms with Gasteiger partial charge in [-0.15, -0.1) is 0 Å². The normalized spacial score (nSPS) is 8.30. The SMILES string of the molecule is CC(=O)O.O=S(=O)([O-])[O-].[Fe+2]. The fraction of sp³-hybridized carbons (Fsp3) is 0.500. The van der Waals surface area contributed by atoms with Crippen molar-refractivity contribution < 1.29 is 44.5 Å². The van der Waals surface area contributed by atoms with Crippen LogP contribution in [0.5, 0.6) is 0 Å². The molecule has 0 rings (SSSR count). The fourth-order valence-corrected chi connectivity index (χ4v) is 0. The summed E-state index contributed by atoms with van der Waals surface area (Å²) in [6.45, 7) is 1.08. The zero-order valence-electron chi connectivity index (χ0n) is 4.75. The summed E-state index contributed by atoms with van der Waals surface area (Å²) in [7, 11) is -5.17. The van der Waals surface area contributed by atoms with Gasteiger partial charge in [-0.3, -0.25) is 13.2 Å². The molecule has 0 fully saturated rings. The number of carboxylic acids is 1. The Labute approximate surface area is 68.3 Å². The number of rotatable bonds is 0. The summed E-state index contributed by atoms with van der Waals surface area (Å²) in [5, 5.41) is 7.42. The summed E-state index contributed by atoms with van der Waals surface area (Å²) in [4.78, 5) is 9.00. The van der Waals surface area contributed by atoms with Gasteiger partial charge in [0.1, 0.15) is 0 Å². The first-order valence-electron chi connectivity index (χ1n) is 1.59. The summed E-state index contributed by atoms with van der Waals surface area (Å²) < 4.78 is 34.1. The van der Waals surface area contributed by atoms with Crippen LogP contribution >= 0.6 is 0 Å². The summed E-state index contributed by atoms with van der Waals surface area (Å²) in [6.07, 6.45) is 0. The molecule has 0 aromatic carbocycles. The second-order valence-electron chi connectivity index (χ2n) is 0.927. The van der Waals surface area contributed by atoms with E-state index in [1.54, 1.807) is 0 Å². The zero-order valence-corrected chi connectivity index (χ0v) is 6.67. The Morgan fingerprint density at radius 2 is 1.40 bits per heavy atom. The summed E-state index contributed by atoms with van der Waals surface area (Å²) in [6, 6.07) is 0. The van der Waals surface area contributed by atoms with Crippen molar-refractivity contribution in [3.63, 3.8) is 0 Å². The number of hydrogen-bond donors (Lipinski definition) is 1. The van der Waals surface area contributed by atoms with Crippen LogP contribution in [0.25, 0.3) is 0 Å². The van der Waals surface area contributed by atoms with Gasteiger partial charge in [-0.25, -0.2) is 0 Å². The van der Waals surface area contributed by atoms with Gasteiger partial charge in [0.15, 0.2) is 0 Å². The van der Waals surface area contributed by atoms with Gasteiger partial charge in [0.2, 0.25) is 0 Å². The summed E-state index contributed by atoms with van der Waals surface area (Å²) >= 11 is 0. The maximum atomic E-state index is 9.00. The van der Waals surface area contributed by atoms with Crippen LogP contribution in [-0.4, -0.2) is 28.6 Å². The second-order valence-corrected chi connectivity index (χ2v) is 1.74. The molecule has 0 aliphatic rings. The molecule has 0 aliphatic heterocycles. The number of carboxylic acid groups (broad SMARTS) is 1. The molecule has 0 spiro atoms. The van der Waals surface area contributed by atoms with E-state index in [0.717, 1.165) is 6.92 Å². The largest absolute Gasteiger partial charge is 2.00 e. The van der Waals surface area contributed by atoms with Crippen LogP contribution in [0.15, 0.2) is 0 Å². The molecule has 0 saturated carbocycles. The molecule has 8 heteroatoms. The van der Waals surface area contributed by atoms with Crippen LogP contribution in [0.3, 0.4) is 0 Å². The monoisotopic (exact) mass is 212 g/mol. The Morgan fingerprint density at radius 3 is 1.40 bits per heavy atom. The van der Waals surface area contributed by atoms with E-state index >= 15 is 0 Å². The average molecular weight is 212 g/mol. The molecular formula is C2H4FeO6S. The predicted molar refractivity (Wildman–Crippen MR) is 23.8 cm³/mol. The zero-order chi connectivity index (χ0) is 8.08.